The minimum Gasteiger partial charge on any atom is -0.424 e. The number of fused-ring (bicyclic) bond motifs is 2. The number of carbonyl (C=O) groups excluding carboxylic acids is 2. The molecule has 0 bridgehead atoms. The Hall–Kier alpha value is -7.27. The molecular formula is C50H48ClF2N11O4. The molecule has 2 aliphatic heterocycles. The lowest BCUT2D eigenvalue weighted by molar-refractivity contribution is 0.0491. The van der Waals surface area contributed by atoms with Crippen LogP contribution in [0.5, 0.6) is 0 Å². The molecule has 4 aromatic heterocycles. The van der Waals surface area contributed by atoms with E-state index >= 15 is 8.78 Å². The second-order valence-corrected chi connectivity index (χ2v) is 18.2. The number of carbonyl (C=O) groups is 2. The van der Waals surface area contributed by atoms with Gasteiger partial charge in [0.1, 0.15) is 28.4 Å². The topological polar surface area (TPSA) is 173 Å². The predicted octanol–water partition coefficient (Wildman–Crippen LogP) is 9.65. The fourth-order valence-corrected chi connectivity index (χ4v) is 10.0. The van der Waals surface area contributed by atoms with E-state index in [1.54, 1.807) is 49.2 Å². The van der Waals surface area contributed by atoms with Crippen molar-refractivity contribution in [2.45, 2.75) is 65.0 Å². The molecule has 4 aromatic carbocycles. The van der Waals surface area contributed by atoms with Gasteiger partial charge in [0.15, 0.2) is 17.0 Å². The zero-order chi connectivity index (χ0) is 47.2. The number of nitrogens with one attached hydrogen (secondary N) is 2. The fraction of sp³-hybridized carbons (Fsp3) is 0.320. The number of piperidine rings is 2. The third-order valence-corrected chi connectivity index (χ3v) is 13.8. The molecule has 10 rings (SSSR count). The lowest BCUT2D eigenvalue weighted by atomic mass is 9.78. The van der Waals surface area contributed by atoms with E-state index in [1.165, 1.54) is 35.4 Å². The van der Waals surface area contributed by atoms with E-state index in [4.69, 9.17) is 25.4 Å². The van der Waals surface area contributed by atoms with Gasteiger partial charge in [0.25, 0.3) is 23.8 Å². The number of halogens is 3. The molecule has 0 saturated carbocycles. The first kappa shape index (κ1) is 44.6. The monoisotopic (exact) mass is 939 g/mol. The van der Waals surface area contributed by atoms with Crippen LogP contribution in [0, 0.1) is 37.3 Å². The molecule has 2 aliphatic rings. The van der Waals surface area contributed by atoms with Gasteiger partial charge in [0.05, 0.1) is 41.2 Å². The Labute approximate surface area is 394 Å². The van der Waals surface area contributed by atoms with Crippen molar-refractivity contribution in [1.82, 2.24) is 44.7 Å². The molecule has 2 amide bonds. The summed E-state index contributed by atoms with van der Waals surface area (Å²) in [7, 11) is 0. The highest BCUT2D eigenvalue weighted by atomic mass is 35.5. The van der Waals surface area contributed by atoms with E-state index in [0.29, 0.717) is 75.6 Å². The number of amides is 2. The van der Waals surface area contributed by atoms with Crippen molar-refractivity contribution in [3.05, 3.63) is 136 Å². The Morgan fingerprint density at radius 2 is 1.47 bits per heavy atom. The first-order valence-corrected chi connectivity index (χ1v) is 23.1. The van der Waals surface area contributed by atoms with Gasteiger partial charge in [-0.15, -0.1) is 0 Å². The molecular weight excluding hydrogens is 892 g/mol. The van der Waals surface area contributed by atoms with Crippen LogP contribution < -0.4 is 10.6 Å². The fourth-order valence-electron chi connectivity index (χ4n) is 9.86. The lowest BCUT2D eigenvalue weighted by Crippen LogP contribution is -2.53. The number of nitrogens with zero attached hydrogens (tertiary/aromatic N) is 9. The standard InChI is InChI=1S/C50H48ClF2N11O4/c1-27-8-7-20-62(40(27)25-55-50-61-38-14-12-31(51)23-43(38)68-50)48(66)44-28(2)11-13-34(52)45(44)46-54-17-15-36(59-46)32-16-21-63(41(30(32)4)26-56-49-60-37-9-5-6-10-42(37)67-49)47(65)33-22-29(3)35(53)24-39(33)64-57-18-19-58-64/h5-6,9-15,17-19,22-24,27,30,32,40-41H,7-8,16,20-21,25-26H2,1-4H3,(H,55,61)(H,56,60). The Morgan fingerprint density at radius 3 is 2.25 bits per heavy atom. The van der Waals surface area contributed by atoms with E-state index in [2.05, 4.69) is 42.7 Å². The number of benzene rings is 4. The summed E-state index contributed by atoms with van der Waals surface area (Å²) < 4.78 is 43.5. The van der Waals surface area contributed by atoms with E-state index < -0.39 is 17.7 Å². The average Bonchev–Trinajstić information content (AvgIpc) is 4.12. The molecule has 5 atom stereocenters. The number of anilines is 2. The Kier molecular flexibility index (Phi) is 12.1. The number of aryl methyl sites for hydroxylation is 2. The molecule has 2 fully saturated rings. The van der Waals surface area contributed by atoms with Crippen LogP contribution in [0.4, 0.5) is 20.8 Å². The number of hydrogen-bond acceptors (Lipinski definition) is 12. The van der Waals surface area contributed by atoms with Crippen LogP contribution in [0.15, 0.2) is 100 Å². The average molecular weight is 940 g/mol. The summed E-state index contributed by atoms with van der Waals surface area (Å²) in [6.07, 6.45) is 6.69. The first-order valence-electron chi connectivity index (χ1n) is 22.7. The van der Waals surface area contributed by atoms with Crippen molar-refractivity contribution in [2.75, 3.05) is 36.8 Å². The van der Waals surface area contributed by atoms with Crippen LogP contribution in [0.3, 0.4) is 0 Å². The van der Waals surface area contributed by atoms with Gasteiger partial charge in [0, 0.05) is 61.1 Å². The molecule has 5 unspecified atom stereocenters. The molecule has 2 saturated heterocycles. The second-order valence-electron chi connectivity index (χ2n) is 17.7. The third-order valence-electron chi connectivity index (χ3n) is 13.5. The maximum Gasteiger partial charge on any atom is 0.295 e. The Balaban J connectivity index is 0.957. The smallest absolute Gasteiger partial charge is 0.295 e. The van der Waals surface area contributed by atoms with Crippen molar-refractivity contribution in [2.24, 2.45) is 11.8 Å². The predicted molar refractivity (Wildman–Crippen MR) is 253 cm³/mol. The van der Waals surface area contributed by atoms with Crippen LogP contribution in [0.1, 0.15) is 76.6 Å². The quantitative estimate of drug-likeness (QED) is 0.126. The molecule has 0 radical (unpaired) electrons. The second kappa shape index (κ2) is 18.4. The van der Waals surface area contributed by atoms with E-state index in [-0.39, 0.29) is 76.9 Å². The van der Waals surface area contributed by atoms with Gasteiger partial charge in [-0.05, 0) is 98.5 Å². The van der Waals surface area contributed by atoms with Crippen LogP contribution in [0.2, 0.25) is 5.02 Å². The molecule has 68 heavy (non-hydrogen) atoms. The minimum atomic E-state index is -0.619. The zero-order valence-corrected chi connectivity index (χ0v) is 38.5. The van der Waals surface area contributed by atoms with Crippen molar-refractivity contribution in [1.29, 1.82) is 0 Å². The normalized spacial score (nSPS) is 19.7. The van der Waals surface area contributed by atoms with E-state index in [0.717, 1.165) is 12.8 Å². The van der Waals surface area contributed by atoms with Gasteiger partial charge >= 0.3 is 0 Å². The first-order chi connectivity index (χ1) is 32.9. The molecule has 18 heteroatoms. The van der Waals surface area contributed by atoms with E-state index in [9.17, 15) is 9.59 Å². The summed E-state index contributed by atoms with van der Waals surface area (Å²) in [5.41, 5.74) is 4.69. The molecule has 8 aromatic rings. The summed E-state index contributed by atoms with van der Waals surface area (Å²) in [5, 5.41) is 15.6. The Bertz CT molecular complexity index is 3150. The van der Waals surface area contributed by atoms with Crippen LogP contribution >= 0.6 is 11.6 Å². The van der Waals surface area contributed by atoms with Crippen molar-refractivity contribution in [3.8, 4) is 17.1 Å². The summed E-state index contributed by atoms with van der Waals surface area (Å²) in [5.74, 6) is -2.07. The molecule has 348 valence electrons. The van der Waals surface area contributed by atoms with Gasteiger partial charge in [-0.2, -0.15) is 25.0 Å². The van der Waals surface area contributed by atoms with Crippen LogP contribution in [-0.4, -0.2) is 94.8 Å². The van der Waals surface area contributed by atoms with E-state index in [1.807, 2.05) is 42.2 Å². The minimum absolute atomic E-state index is 0.0264. The number of hydrogen-bond donors (Lipinski definition) is 2. The third kappa shape index (κ3) is 8.50. The zero-order valence-electron chi connectivity index (χ0n) is 37.8. The SMILES string of the molecule is Cc1cc(C(=O)N2CCC(c3ccnc(-c4c(F)ccc(C)c4C(=O)N4CCCC(C)C4CNc4nc5ccc(Cl)cc5o4)n3)C(C)C2CNc2nc3ccccc3o2)c(-n2nccn2)cc1F. The number of para-hydroxylation sites is 2. The largest absolute Gasteiger partial charge is 0.424 e. The van der Waals surface area contributed by atoms with Gasteiger partial charge in [-0.3, -0.25) is 9.59 Å². The molecule has 6 heterocycles. The lowest BCUT2D eigenvalue weighted by Gasteiger charge is -2.44. The molecule has 0 aliphatic carbocycles. The van der Waals surface area contributed by atoms with Gasteiger partial charge < -0.3 is 29.3 Å². The number of rotatable bonds is 11. The maximum absolute atomic E-state index is 16.5. The Morgan fingerprint density at radius 1 is 0.750 bits per heavy atom. The summed E-state index contributed by atoms with van der Waals surface area (Å²) >= 11 is 6.18. The van der Waals surface area contributed by atoms with Crippen LogP contribution in [0.25, 0.3) is 39.3 Å². The number of oxazole rings is 2. The molecule has 2 N–H and O–H groups in total. The maximum atomic E-state index is 16.5. The van der Waals surface area contributed by atoms with Crippen molar-refractivity contribution < 1.29 is 27.2 Å². The highest BCUT2D eigenvalue weighted by molar-refractivity contribution is 6.31. The number of aromatic nitrogens is 7. The van der Waals surface area contributed by atoms with Crippen LogP contribution in [-0.2, 0) is 0 Å². The van der Waals surface area contributed by atoms with Gasteiger partial charge in [-0.25, -0.2) is 18.7 Å². The van der Waals surface area contributed by atoms with Gasteiger partial charge in [0.2, 0.25) is 0 Å². The highest BCUT2D eigenvalue weighted by Gasteiger charge is 2.41. The van der Waals surface area contributed by atoms with Crippen molar-refractivity contribution in [3.63, 3.8) is 0 Å². The highest BCUT2D eigenvalue weighted by Crippen LogP contribution is 2.39. The van der Waals surface area contributed by atoms with Gasteiger partial charge in [-0.1, -0.05) is 43.6 Å². The molecule has 0 spiro atoms. The summed E-state index contributed by atoms with van der Waals surface area (Å²) in [6.45, 7) is 8.91. The summed E-state index contributed by atoms with van der Waals surface area (Å²) in [4.78, 5) is 53.4. The van der Waals surface area contributed by atoms with Crippen molar-refractivity contribution >= 4 is 57.6 Å². The summed E-state index contributed by atoms with van der Waals surface area (Å²) in [6, 6.07) is 20.1. The number of likely N-dealkylation sites (tertiary alicyclic amines) is 2. The molecule has 15 nitrogen and oxygen atoms in total.